The molecule has 0 aliphatic heterocycles. The summed E-state index contributed by atoms with van der Waals surface area (Å²) in [7, 11) is 0. The number of rotatable bonds is 2. The largest absolute Gasteiger partial charge is 4.00 e. The molecule has 0 saturated heterocycles. The quantitative estimate of drug-likeness (QED) is 0.468. The topological polar surface area (TPSA) is 92.5 Å². The van der Waals surface area contributed by atoms with Crippen molar-refractivity contribution in [2.24, 2.45) is 11.5 Å². The van der Waals surface area contributed by atoms with Gasteiger partial charge in [0.15, 0.2) is 0 Å². The maximum absolute atomic E-state index is 7.75. The molecule has 0 aromatic heterocycles. The molecule has 0 rings (SSSR count). The van der Waals surface area contributed by atoms with Gasteiger partial charge in [-0.25, -0.2) is 0 Å². The molecule has 0 amide bonds. The van der Waals surface area contributed by atoms with Crippen LogP contribution in [0.1, 0.15) is 0 Å². The molecule has 0 spiro atoms. The summed E-state index contributed by atoms with van der Waals surface area (Å²) >= 11 is 0. The Morgan fingerprint density at radius 3 is 1.00 bits per heavy atom. The third-order valence-corrected chi connectivity index (χ3v) is 0.258. The summed E-state index contributed by atoms with van der Waals surface area (Å²) < 4.78 is 0. The smallest absolute Gasteiger partial charge is 0.395 e. The van der Waals surface area contributed by atoms with E-state index in [0.29, 0.717) is 13.1 Å². The van der Waals surface area contributed by atoms with Crippen molar-refractivity contribution in [1.29, 1.82) is 0 Å². The van der Waals surface area contributed by atoms with Crippen molar-refractivity contribution in [2.45, 2.75) is 0 Å². The van der Waals surface area contributed by atoms with Crippen LogP contribution in [0, 0.1) is 0 Å². The predicted molar refractivity (Wildman–Crippen MR) is 32.3 cm³/mol. The maximum Gasteiger partial charge on any atom is 4.00 e. The Kier molecular flexibility index (Phi) is 42.6. The Morgan fingerprint density at radius 1 is 0.889 bits per heavy atom. The van der Waals surface area contributed by atoms with E-state index in [9.17, 15) is 0 Å². The zero-order valence-electron chi connectivity index (χ0n) is 5.19. The van der Waals surface area contributed by atoms with Crippen molar-refractivity contribution in [3.63, 3.8) is 0 Å². The molecule has 4 nitrogen and oxygen atoms in total. The summed E-state index contributed by atoms with van der Waals surface area (Å²) in [4.78, 5) is 0. The average Bonchev–Trinajstić information content (AvgIpc) is 1.88. The molecular weight excluding hydrogens is 303 g/mol. The van der Waals surface area contributed by atoms with E-state index in [1.807, 2.05) is 0 Å². The molecule has 0 fully saturated rings. The molecular formula is C4H14N2O2Pt+4. The number of aliphatic hydroxyl groups is 2. The predicted octanol–water partition coefficient (Wildman–Crippen LogP) is -2.13. The van der Waals surface area contributed by atoms with Crippen molar-refractivity contribution in [1.82, 2.24) is 0 Å². The first-order chi connectivity index (χ1) is 3.83. The van der Waals surface area contributed by atoms with Crippen molar-refractivity contribution in [3.05, 3.63) is 0 Å². The van der Waals surface area contributed by atoms with Gasteiger partial charge in [-0.1, -0.05) is 0 Å². The molecule has 0 radical (unpaired) electrons. The zero-order valence-corrected chi connectivity index (χ0v) is 7.47. The van der Waals surface area contributed by atoms with Gasteiger partial charge in [0.2, 0.25) is 0 Å². The van der Waals surface area contributed by atoms with Crippen LogP contribution in [0.25, 0.3) is 0 Å². The molecule has 9 heavy (non-hydrogen) atoms. The van der Waals surface area contributed by atoms with Crippen LogP contribution in [0.15, 0.2) is 0 Å². The Bertz CT molecular complexity index is 24.5. The summed E-state index contributed by atoms with van der Waals surface area (Å²) in [6.45, 7) is 0.944. The third-order valence-electron chi connectivity index (χ3n) is 0.258. The Labute approximate surface area is 69.5 Å². The number of nitrogens with two attached hydrogens (primary N) is 2. The summed E-state index contributed by atoms with van der Waals surface area (Å²) in [5, 5.41) is 15.5. The monoisotopic (exact) mass is 317 g/mol. The van der Waals surface area contributed by atoms with Crippen LogP contribution in [0.3, 0.4) is 0 Å². The Balaban J connectivity index is -0.0000000720. The second-order valence-electron chi connectivity index (χ2n) is 1.02. The van der Waals surface area contributed by atoms with Crippen LogP contribution in [0.5, 0.6) is 0 Å². The van der Waals surface area contributed by atoms with E-state index < -0.39 is 0 Å². The van der Waals surface area contributed by atoms with Gasteiger partial charge in [0.05, 0.1) is 13.2 Å². The van der Waals surface area contributed by atoms with Gasteiger partial charge in [-0.3, -0.25) is 0 Å². The molecule has 58 valence electrons. The molecule has 0 atom stereocenters. The molecule has 0 unspecified atom stereocenters. The van der Waals surface area contributed by atoms with Crippen LogP contribution >= 0.6 is 0 Å². The summed E-state index contributed by atoms with van der Waals surface area (Å²) in [6, 6.07) is 0. The molecule has 0 aliphatic carbocycles. The Morgan fingerprint density at radius 2 is 1.00 bits per heavy atom. The summed E-state index contributed by atoms with van der Waals surface area (Å²) in [5.74, 6) is 0. The van der Waals surface area contributed by atoms with Gasteiger partial charge in [0.1, 0.15) is 0 Å². The minimum absolute atomic E-state index is 0. The van der Waals surface area contributed by atoms with Gasteiger partial charge >= 0.3 is 21.1 Å². The molecule has 0 aromatic rings. The second kappa shape index (κ2) is 23.6. The zero-order chi connectivity index (χ0) is 6.83. The number of hydrogen-bond donors (Lipinski definition) is 4. The van der Waals surface area contributed by atoms with Crippen LogP contribution in [0.2, 0.25) is 0 Å². The normalized spacial score (nSPS) is 6.67. The van der Waals surface area contributed by atoms with Crippen molar-refractivity contribution < 1.29 is 31.3 Å². The summed E-state index contributed by atoms with van der Waals surface area (Å²) in [6.07, 6.45) is 0. The molecule has 0 bridgehead atoms. The standard InChI is InChI=1S/2C2H7NO.Pt/c2*3-1-2-4;/h2*4H,1-3H2;/q;;+4. The van der Waals surface area contributed by atoms with Crippen LogP contribution in [-0.4, -0.2) is 36.5 Å². The van der Waals surface area contributed by atoms with Gasteiger partial charge < -0.3 is 21.7 Å². The van der Waals surface area contributed by atoms with Crippen molar-refractivity contribution in [2.75, 3.05) is 26.3 Å². The first kappa shape index (κ1) is 16.3. The number of aliphatic hydroxyl groups excluding tert-OH is 2. The van der Waals surface area contributed by atoms with Crippen LogP contribution < -0.4 is 11.5 Å². The first-order valence-electron chi connectivity index (χ1n) is 2.45. The van der Waals surface area contributed by atoms with E-state index in [4.69, 9.17) is 21.7 Å². The molecule has 0 heterocycles. The Hall–Kier alpha value is 0.528. The third kappa shape index (κ3) is 56.9. The fourth-order valence-electron chi connectivity index (χ4n) is 0. The van der Waals surface area contributed by atoms with E-state index >= 15 is 0 Å². The minimum Gasteiger partial charge on any atom is -0.395 e. The van der Waals surface area contributed by atoms with Crippen molar-refractivity contribution in [3.8, 4) is 0 Å². The van der Waals surface area contributed by atoms with Gasteiger partial charge in [0, 0.05) is 13.1 Å². The molecule has 5 heteroatoms. The van der Waals surface area contributed by atoms with E-state index in [1.54, 1.807) is 0 Å². The van der Waals surface area contributed by atoms with Gasteiger partial charge in [-0.2, -0.15) is 0 Å². The SMILES string of the molecule is NCCO.NCCO.[Pt+4]. The molecule has 0 saturated carbocycles. The summed E-state index contributed by atoms with van der Waals surface area (Å²) in [5.41, 5.74) is 9.56. The van der Waals surface area contributed by atoms with E-state index in [2.05, 4.69) is 0 Å². The molecule has 0 aromatic carbocycles. The molecule has 0 aliphatic rings. The first-order valence-corrected chi connectivity index (χ1v) is 2.45. The van der Waals surface area contributed by atoms with Gasteiger partial charge in [-0.05, 0) is 0 Å². The average molecular weight is 317 g/mol. The van der Waals surface area contributed by atoms with Crippen molar-refractivity contribution >= 4 is 0 Å². The fourth-order valence-corrected chi connectivity index (χ4v) is 0. The van der Waals surface area contributed by atoms with Gasteiger partial charge in [-0.15, -0.1) is 0 Å². The molecule has 6 N–H and O–H groups in total. The van der Waals surface area contributed by atoms with E-state index in [1.165, 1.54) is 0 Å². The van der Waals surface area contributed by atoms with E-state index in [-0.39, 0.29) is 34.3 Å². The minimum atomic E-state index is 0. The maximum atomic E-state index is 7.75. The van der Waals surface area contributed by atoms with Crippen LogP contribution in [-0.2, 0) is 21.1 Å². The number of hydrogen-bond acceptors (Lipinski definition) is 4. The van der Waals surface area contributed by atoms with E-state index in [0.717, 1.165) is 0 Å². The van der Waals surface area contributed by atoms with Crippen LogP contribution in [0.4, 0.5) is 0 Å². The second-order valence-corrected chi connectivity index (χ2v) is 1.02. The fraction of sp³-hybridized carbons (Fsp3) is 1.00. The van der Waals surface area contributed by atoms with Gasteiger partial charge in [0.25, 0.3) is 0 Å².